The number of anilines is 1. The van der Waals surface area contributed by atoms with Crippen molar-refractivity contribution in [3.8, 4) is 0 Å². The predicted octanol–water partition coefficient (Wildman–Crippen LogP) is -1.51. The van der Waals surface area contributed by atoms with Gasteiger partial charge >= 0.3 is 29.6 Å². The molecule has 2 N–H and O–H groups in total. The van der Waals surface area contributed by atoms with E-state index in [4.69, 9.17) is 16.4 Å². The van der Waals surface area contributed by atoms with Crippen LogP contribution in [0.1, 0.15) is 0 Å². The van der Waals surface area contributed by atoms with Crippen molar-refractivity contribution in [3.05, 3.63) is 18.2 Å². The third-order valence-corrected chi connectivity index (χ3v) is 3.04. The summed E-state index contributed by atoms with van der Waals surface area (Å²) in [6.45, 7) is 0. The van der Waals surface area contributed by atoms with Crippen molar-refractivity contribution in [2.75, 3.05) is 5.73 Å². The van der Waals surface area contributed by atoms with Crippen LogP contribution in [0, 0.1) is 0 Å². The second kappa shape index (κ2) is 4.91. The first kappa shape index (κ1) is 13.6. The Morgan fingerprint density at radius 3 is 2.31 bits per heavy atom. The first-order valence-electron chi connectivity index (χ1n) is 2.94. The molecule has 0 heterocycles. The molecule has 7 heteroatoms. The number of halogens is 1. The van der Waals surface area contributed by atoms with Gasteiger partial charge in [-0.05, 0) is 18.2 Å². The molecular weight excluding hydrogens is 241 g/mol. The molecule has 1 aromatic rings. The van der Waals surface area contributed by atoms with Gasteiger partial charge in [0.1, 0.15) is 0 Å². The maximum absolute atomic E-state index is 10.8. The standard InChI is InChI=1S/C6H6ClNO2S2.Na/c7-12(9,10)4-1-2-6(11)5(8)3-4;/h1-3,11H,8H2;/q;+1. The van der Waals surface area contributed by atoms with Crippen LogP contribution >= 0.6 is 23.3 Å². The fourth-order valence-electron chi connectivity index (χ4n) is 0.684. The van der Waals surface area contributed by atoms with Crippen molar-refractivity contribution in [1.82, 2.24) is 0 Å². The number of benzene rings is 1. The molecule has 0 aliphatic heterocycles. The molecule has 0 atom stereocenters. The molecule has 0 saturated carbocycles. The molecule has 13 heavy (non-hydrogen) atoms. The Balaban J connectivity index is 0.00000144. The molecule has 0 aromatic heterocycles. The molecule has 0 fully saturated rings. The summed E-state index contributed by atoms with van der Waals surface area (Å²) < 4.78 is 21.6. The zero-order chi connectivity index (χ0) is 9.35. The normalized spacial score (nSPS) is 10.6. The summed E-state index contributed by atoms with van der Waals surface area (Å²) in [7, 11) is 1.39. The minimum atomic E-state index is -3.68. The van der Waals surface area contributed by atoms with E-state index in [0.717, 1.165) is 0 Å². The number of thiol groups is 1. The zero-order valence-corrected chi connectivity index (χ0v) is 11.3. The van der Waals surface area contributed by atoms with E-state index in [-0.39, 0.29) is 34.5 Å². The first-order valence-corrected chi connectivity index (χ1v) is 5.70. The monoisotopic (exact) mass is 246 g/mol. The molecular formula is C6H6ClNNaO2S2+. The summed E-state index contributed by atoms with van der Waals surface area (Å²) in [4.78, 5) is 0.513. The van der Waals surface area contributed by atoms with Gasteiger partial charge in [-0.3, -0.25) is 0 Å². The molecule has 0 aliphatic rings. The number of rotatable bonds is 1. The molecule has 66 valence electrons. The van der Waals surface area contributed by atoms with Crippen molar-refractivity contribution in [3.63, 3.8) is 0 Å². The van der Waals surface area contributed by atoms with Gasteiger partial charge in [-0.15, -0.1) is 12.6 Å². The van der Waals surface area contributed by atoms with E-state index in [1.807, 2.05) is 0 Å². The predicted molar refractivity (Wildman–Crippen MR) is 51.1 cm³/mol. The van der Waals surface area contributed by atoms with E-state index in [1.54, 1.807) is 0 Å². The van der Waals surface area contributed by atoms with Crippen LogP contribution in [0.3, 0.4) is 0 Å². The molecule has 0 spiro atoms. The van der Waals surface area contributed by atoms with Crippen LogP contribution in [0.15, 0.2) is 28.0 Å². The summed E-state index contributed by atoms with van der Waals surface area (Å²) in [6, 6.07) is 4.10. The Morgan fingerprint density at radius 2 is 1.92 bits per heavy atom. The van der Waals surface area contributed by atoms with Crippen LogP contribution in [0.4, 0.5) is 5.69 Å². The van der Waals surface area contributed by atoms with E-state index < -0.39 is 9.05 Å². The van der Waals surface area contributed by atoms with E-state index in [0.29, 0.717) is 10.6 Å². The molecule has 1 rings (SSSR count). The van der Waals surface area contributed by atoms with Crippen LogP contribution in [0.2, 0.25) is 0 Å². The molecule has 0 radical (unpaired) electrons. The second-order valence-corrected chi connectivity index (χ2v) is 5.21. The second-order valence-electron chi connectivity index (χ2n) is 2.16. The van der Waals surface area contributed by atoms with Gasteiger partial charge in [0, 0.05) is 21.3 Å². The third-order valence-electron chi connectivity index (χ3n) is 1.28. The fourth-order valence-corrected chi connectivity index (χ4v) is 1.61. The fraction of sp³-hybridized carbons (Fsp3) is 0. The van der Waals surface area contributed by atoms with Crippen molar-refractivity contribution in [2.45, 2.75) is 9.79 Å². The van der Waals surface area contributed by atoms with Crippen molar-refractivity contribution < 1.29 is 38.0 Å². The minimum Gasteiger partial charge on any atom is -0.398 e. The molecule has 0 saturated heterocycles. The maximum atomic E-state index is 10.8. The van der Waals surface area contributed by atoms with Crippen molar-refractivity contribution >= 4 is 38.0 Å². The molecule has 3 nitrogen and oxygen atoms in total. The van der Waals surface area contributed by atoms with Crippen LogP contribution in [-0.4, -0.2) is 8.42 Å². The third kappa shape index (κ3) is 3.69. The van der Waals surface area contributed by atoms with Gasteiger partial charge in [0.25, 0.3) is 9.05 Å². The largest absolute Gasteiger partial charge is 1.00 e. The number of hydrogen-bond donors (Lipinski definition) is 2. The summed E-state index contributed by atoms with van der Waals surface area (Å²) in [5, 5.41) is 0. The minimum absolute atomic E-state index is 0. The molecule has 0 unspecified atom stereocenters. The van der Waals surface area contributed by atoms with Gasteiger partial charge in [0.05, 0.1) is 4.90 Å². The quantitative estimate of drug-likeness (QED) is 0.274. The summed E-state index contributed by atoms with van der Waals surface area (Å²) in [5.41, 5.74) is 5.71. The van der Waals surface area contributed by atoms with E-state index in [9.17, 15) is 8.42 Å². The zero-order valence-electron chi connectivity index (χ0n) is 6.86. The van der Waals surface area contributed by atoms with Crippen LogP contribution in [-0.2, 0) is 9.05 Å². The SMILES string of the molecule is Nc1cc(S(=O)(=O)Cl)ccc1S.[Na+]. The van der Waals surface area contributed by atoms with E-state index >= 15 is 0 Å². The van der Waals surface area contributed by atoms with Crippen LogP contribution in [0.5, 0.6) is 0 Å². The van der Waals surface area contributed by atoms with Gasteiger partial charge in [0.2, 0.25) is 0 Å². The summed E-state index contributed by atoms with van der Waals surface area (Å²) in [5.74, 6) is 0. The Labute approximate surface area is 109 Å². The first-order chi connectivity index (χ1) is 5.41. The van der Waals surface area contributed by atoms with Gasteiger partial charge < -0.3 is 5.73 Å². The Morgan fingerprint density at radius 1 is 1.38 bits per heavy atom. The number of hydrogen-bond acceptors (Lipinski definition) is 4. The van der Waals surface area contributed by atoms with Crippen molar-refractivity contribution in [1.29, 1.82) is 0 Å². The Hall–Kier alpha value is 0.610. The maximum Gasteiger partial charge on any atom is 1.00 e. The van der Waals surface area contributed by atoms with Gasteiger partial charge in [0.15, 0.2) is 0 Å². The van der Waals surface area contributed by atoms with Gasteiger partial charge in [-0.2, -0.15) is 0 Å². The van der Waals surface area contributed by atoms with E-state index in [2.05, 4.69) is 12.6 Å². The summed E-state index contributed by atoms with van der Waals surface area (Å²) in [6.07, 6.45) is 0. The molecule has 0 aliphatic carbocycles. The topological polar surface area (TPSA) is 60.2 Å². The summed E-state index contributed by atoms with van der Waals surface area (Å²) >= 11 is 3.98. The smallest absolute Gasteiger partial charge is 0.398 e. The Bertz CT molecular complexity index is 407. The van der Waals surface area contributed by atoms with Crippen LogP contribution < -0.4 is 35.3 Å². The van der Waals surface area contributed by atoms with Crippen molar-refractivity contribution in [2.24, 2.45) is 0 Å². The molecule has 0 amide bonds. The van der Waals surface area contributed by atoms with Gasteiger partial charge in [-0.1, -0.05) is 0 Å². The molecule has 1 aromatic carbocycles. The average Bonchev–Trinajstić information content (AvgIpc) is 1.92. The molecule has 0 bridgehead atoms. The Kier molecular flexibility index (Phi) is 5.14. The number of nitrogen functional groups attached to an aromatic ring is 1. The van der Waals surface area contributed by atoms with Crippen LogP contribution in [0.25, 0.3) is 0 Å². The average molecular weight is 247 g/mol. The number of nitrogens with two attached hydrogens (primary N) is 1. The van der Waals surface area contributed by atoms with E-state index in [1.165, 1.54) is 18.2 Å². The van der Waals surface area contributed by atoms with Gasteiger partial charge in [-0.25, -0.2) is 8.42 Å².